The molecule has 0 fully saturated rings. The summed E-state index contributed by atoms with van der Waals surface area (Å²) in [5, 5.41) is 7.24. The lowest BCUT2D eigenvalue weighted by Gasteiger charge is -2.12. The molecule has 0 unspecified atom stereocenters. The maximum Gasteiger partial charge on any atom is 0.229 e. The first-order valence-corrected chi connectivity index (χ1v) is 8.39. The summed E-state index contributed by atoms with van der Waals surface area (Å²) in [6, 6.07) is 12.4. The van der Waals surface area contributed by atoms with E-state index in [9.17, 15) is 0 Å². The van der Waals surface area contributed by atoms with E-state index in [0.717, 1.165) is 5.69 Å². The first kappa shape index (κ1) is 18.1. The van der Waals surface area contributed by atoms with Gasteiger partial charge in [0.05, 0.1) is 30.0 Å². The lowest BCUT2D eigenvalue weighted by molar-refractivity contribution is 0.355. The molecule has 2 N–H and O–H groups in total. The Labute approximate surface area is 161 Å². The maximum atomic E-state index is 6.18. The predicted octanol–water partition coefficient (Wildman–Crippen LogP) is 5.29. The fourth-order valence-electron chi connectivity index (χ4n) is 2.28. The summed E-state index contributed by atoms with van der Waals surface area (Å²) in [4.78, 5) is 8.64. The van der Waals surface area contributed by atoms with E-state index in [1.807, 2.05) is 6.07 Å². The van der Waals surface area contributed by atoms with Gasteiger partial charge in [-0.2, -0.15) is 4.98 Å². The van der Waals surface area contributed by atoms with Crippen LogP contribution in [0.1, 0.15) is 0 Å². The number of hydrogen-bond donors (Lipinski definition) is 2. The van der Waals surface area contributed by atoms with Crippen LogP contribution in [0.25, 0.3) is 0 Å². The van der Waals surface area contributed by atoms with E-state index in [0.29, 0.717) is 39.0 Å². The molecule has 8 heteroatoms. The minimum absolute atomic E-state index is 0.408. The third-order valence-electron chi connectivity index (χ3n) is 3.51. The Bertz CT molecular complexity index is 901. The Kier molecular flexibility index (Phi) is 5.65. The van der Waals surface area contributed by atoms with Gasteiger partial charge < -0.3 is 20.1 Å². The molecule has 0 saturated heterocycles. The first-order valence-electron chi connectivity index (χ1n) is 7.64. The Morgan fingerprint density at radius 2 is 1.62 bits per heavy atom. The van der Waals surface area contributed by atoms with Gasteiger partial charge in [0.2, 0.25) is 5.95 Å². The molecular weight excluding hydrogens is 375 g/mol. The van der Waals surface area contributed by atoms with E-state index in [1.54, 1.807) is 56.8 Å². The fraction of sp³-hybridized carbons (Fsp3) is 0.111. The summed E-state index contributed by atoms with van der Waals surface area (Å²) in [5.41, 5.74) is 1.35. The molecule has 0 aliphatic heterocycles. The number of aromatic nitrogens is 2. The van der Waals surface area contributed by atoms with Crippen LogP contribution in [0.15, 0.2) is 48.7 Å². The largest absolute Gasteiger partial charge is 0.493 e. The van der Waals surface area contributed by atoms with Crippen molar-refractivity contribution in [3.8, 4) is 11.5 Å². The van der Waals surface area contributed by atoms with E-state index in [-0.39, 0.29) is 0 Å². The second-order valence-electron chi connectivity index (χ2n) is 5.18. The van der Waals surface area contributed by atoms with Gasteiger partial charge in [0.15, 0.2) is 11.5 Å². The highest BCUT2D eigenvalue weighted by Crippen LogP contribution is 2.33. The van der Waals surface area contributed by atoms with Crippen LogP contribution in [0.5, 0.6) is 11.5 Å². The molecular formula is C18H16Cl2N4O2. The number of anilines is 4. The molecule has 3 aromatic rings. The highest BCUT2D eigenvalue weighted by molar-refractivity contribution is 6.39. The van der Waals surface area contributed by atoms with Crippen molar-refractivity contribution < 1.29 is 9.47 Å². The van der Waals surface area contributed by atoms with Crippen molar-refractivity contribution in [1.29, 1.82) is 0 Å². The van der Waals surface area contributed by atoms with Gasteiger partial charge in [-0.25, -0.2) is 4.98 Å². The average Bonchev–Trinajstić information content (AvgIpc) is 2.65. The number of methoxy groups -OCH3 is 2. The van der Waals surface area contributed by atoms with Gasteiger partial charge in [0, 0.05) is 18.0 Å². The van der Waals surface area contributed by atoms with Gasteiger partial charge in [0.1, 0.15) is 5.82 Å². The number of nitrogens with zero attached hydrogens (tertiary/aromatic N) is 2. The van der Waals surface area contributed by atoms with Crippen molar-refractivity contribution in [3.63, 3.8) is 0 Å². The number of nitrogens with one attached hydrogen (secondary N) is 2. The van der Waals surface area contributed by atoms with Crippen molar-refractivity contribution in [3.05, 3.63) is 58.7 Å². The van der Waals surface area contributed by atoms with Gasteiger partial charge in [-0.15, -0.1) is 0 Å². The topological polar surface area (TPSA) is 68.3 Å². The van der Waals surface area contributed by atoms with Crippen LogP contribution >= 0.6 is 23.2 Å². The molecule has 1 heterocycles. The zero-order valence-corrected chi connectivity index (χ0v) is 15.6. The Balaban J connectivity index is 1.82. The normalized spacial score (nSPS) is 10.3. The molecule has 26 heavy (non-hydrogen) atoms. The quantitative estimate of drug-likeness (QED) is 0.595. The van der Waals surface area contributed by atoms with Crippen molar-refractivity contribution in [2.45, 2.75) is 0 Å². The van der Waals surface area contributed by atoms with E-state index in [4.69, 9.17) is 32.7 Å². The van der Waals surface area contributed by atoms with Crippen LogP contribution in [-0.2, 0) is 0 Å². The molecule has 0 spiro atoms. The monoisotopic (exact) mass is 390 g/mol. The smallest absolute Gasteiger partial charge is 0.229 e. The number of hydrogen-bond acceptors (Lipinski definition) is 6. The molecule has 0 aliphatic rings. The fourth-order valence-corrected chi connectivity index (χ4v) is 2.77. The van der Waals surface area contributed by atoms with Crippen molar-refractivity contribution in [2.75, 3.05) is 24.9 Å². The van der Waals surface area contributed by atoms with Crippen LogP contribution in [0.3, 0.4) is 0 Å². The summed E-state index contributed by atoms with van der Waals surface area (Å²) in [5.74, 6) is 2.21. The zero-order chi connectivity index (χ0) is 18.5. The number of para-hydroxylation sites is 1. The number of benzene rings is 2. The molecule has 1 aromatic heterocycles. The van der Waals surface area contributed by atoms with Crippen LogP contribution in [0.4, 0.5) is 23.1 Å². The van der Waals surface area contributed by atoms with Gasteiger partial charge in [-0.3, -0.25) is 0 Å². The van der Waals surface area contributed by atoms with E-state index in [1.165, 1.54) is 0 Å². The average molecular weight is 391 g/mol. The standard InChI is InChI=1S/C18H16Cl2N4O2/c1-25-14-7-6-11(10-15(14)26-2)22-18-21-9-8-16(24-18)23-17-12(19)4-3-5-13(17)20/h3-10H,1-2H3,(H2,21,22,23,24). The molecule has 0 radical (unpaired) electrons. The Morgan fingerprint density at radius 3 is 2.31 bits per heavy atom. The van der Waals surface area contributed by atoms with Crippen molar-refractivity contribution >= 4 is 46.3 Å². The second kappa shape index (κ2) is 8.12. The minimum atomic E-state index is 0.408. The van der Waals surface area contributed by atoms with Crippen LogP contribution < -0.4 is 20.1 Å². The first-order chi connectivity index (χ1) is 12.6. The molecule has 3 rings (SSSR count). The van der Waals surface area contributed by atoms with Crippen molar-refractivity contribution in [2.24, 2.45) is 0 Å². The lowest BCUT2D eigenvalue weighted by atomic mass is 10.3. The van der Waals surface area contributed by atoms with Gasteiger partial charge in [0.25, 0.3) is 0 Å². The zero-order valence-electron chi connectivity index (χ0n) is 14.1. The molecule has 6 nitrogen and oxygen atoms in total. The predicted molar refractivity (Wildman–Crippen MR) is 105 cm³/mol. The highest BCUT2D eigenvalue weighted by Gasteiger charge is 2.09. The minimum Gasteiger partial charge on any atom is -0.493 e. The number of rotatable bonds is 6. The second-order valence-corrected chi connectivity index (χ2v) is 6.00. The molecule has 0 aliphatic carbocycles. The van der Waals surface area contributed by atoms with Crippen LogP contribution in [-0.4, -0.2) is 24.2 Å². The summed E-state index contributed by atoms with van der Waals surface area (Å²) < 4.78 is 10.5. The Hall–Kier alpha value is -2.70. The molecule has 0 amide bonds. The van der Waals surface area contributed by atoms with Gasteiger partial charge >= 0.3 is 0 Å². The van der Waals surface area contributed by atoms with Crippen LogP contribution in [0.2, 0.25) is 10.0 Å². The molecule has 0 bridgehead atoms. The third kappa shape index (κ3) is 4.09. The van der Waals surface area contributed by atoms with E-state index < -0.39 is 0 Å². The molecule has 134 valence electrons. The van der Waals surface area contributed by atoms with Gasteiger partial charge in [-0.1, -0.05) is 29.3 Å². The SMILES string of the molecule is COc1ccc(Nc2nccc(Nc3c(Cl)cccc3Cl)n2)cc1OC. The van der Waals surface area contributed by atoms with Gasteiger partial charge in [-0.05, 0) is 30.3 Å². The summed E-state index contributed by atoms with van der Waals surface area (Å²) in [6.07, 6.45) is 1.63. The molecule has 0 atom stereocenters. The number of ether oxygens (including phenoxy) is 2. The molecule has 2 aromatic carbocycles. The molecule has 0 saturated carbocycles. The Morgan fingerprint density at radius 1 is 0.885 bits per heavy atom. The highest BCUT2D eigenvalue weighted by atomic mass is 35.5. The third-order valence-corrected chi connectivity index (χ3v) is 4.14. The van der Waals surface area contributed by atoms with Crippen LogP contribution in [0, 0.1) is 0 Å². The summed E-state index contributed by atoms with van der Waals surface area (Å²) in [7, 11) is 3.17. The van der Waals surface area contributed by atoms with Crippen molar-refractivity contribution in [1.82, 2.24) is 9.97 Å². The summed E-state index contributed by atoms with van der Waals surface area (Å²) in [6.45, 7) is 0. The summed E-state index contributed by atoms with van der Waals surface area (Å²) >= 11 is 12.4. The number of halogens is 2. The van der Waals surface area contributed by atoms with E-state index >= 15 is 0 Å². The maximum absolute atomic E-state index is 6.18. The lowest BCUT2D eigenvalue weighted by Crippen LogP contribution is -2.01. The van der Waals surface area contributed by atoms with E-state index in [2.05, 4.69) is 20.6 Å².